The smallest absolute Gasteiger partial charge is 0.243 e. The number of anilines is 1. The van der Waals surface area contributed by atoms with Gasteiger partial charge in [-0.3, -0.25) is 4.79 Å². The number of nitrogens with one attached hydrogen (secondary N) is 2. The summed E-state index contributed by atoms with van der Waals surface area (Å²) >= 11 is 0. The van der Waals surface area contributed by atoms with Crippen molar-refractivity contribution in [2.45, 2.75) is 33.7 Å². The van der Waals surface area contributed by atoms with E-state index in [2.05, 4.69) is 34.6 Å². The number of pyridine rings is 1. The van der Waals surface area contributed by atoms with E-state index in [-0.39, 0.29) is 11.9 Å². The molecule has 6 heteroatoms. The molecule has 0 aliphatic rings. The molecule has 0 aliphatic carbocycles. The molecule has 0 radical (unpaired) electrons. The van der Waals surface area contributed by atoms with E-state index in [1.807, 2.05) is 25.3 Å². The molecule has 1 amide bonds. The number of rotatable bonds is 5. The van der Waals surface area contributed by atoms with E-state index in [1.54, 1.807) is 11.4 Å². The highest BCUT2D eigenvalue weighted by atomic mass is 16.2. The number of amides is 1. The minimum absolute atomic E-state index is 0.0470. The fourth-order valence-corrected chi connectivity index (χ4v) is 1.82. The summed E-state index contributed by atoms with van der Waals surface area (Å²) in [6, 6.07) is 3.53. The van der Waals surface area contributed by atoms with Gasteiger partial charge in [0.1, 0.15) is 6.04 Å². The van der Waals surface area contributed by atoms with Gasteiger partial charge < -0.3 is 10.6 Å². The third kappa shape index (κ3) is 3.26. The van der Waals surface area contributed by atoms with E-state index in [1.165, 1.54) is 0 Å². The Morgan fingerprint density at radius 3 is 2.80 bits per heavy atom. The van der Waals surface area contributed by atoms with E-state index >= 15 is 0 Å². The molecule has 1 unspecified atom stereocenters. The molecule has 0 spiro atoms. The van der Waals surface area contributed by atoms with Gasteiger partial charge in [0.2, 0.25) is 11.9 Å². The first kappa shape index (κ1) is 14.3. The zero-order valence-corrected chi connectivity index (χ0v) is 12.3. The number of nitrogens with zero attached hydrogens (tertiary/aromatic N) is 3. The normalized spacial score (nSPS) is 12.7. The van der Waals surface area contributed by atoms with Crippen LogP contribution in [0.4, 0.5) is 5.95 Å². The number of hydrogen-bond acceptors (Lipinski definition) is 4. The molecule has 2 aromatic rings. The molecule has 6 nitrogen and oxygen atoms in total. The summed E-state index contributed by atoms with van der Waals surface area (Å²) in [4.78, 5) is 16.3. The van der Waals surface area contributed by atoms with Crippen LogP contribution in [-0.2, 0) is 4.79 Å². The van der Waals surface area contributed by atoms with Gasteiger partial charge in [-0.2, -0.15) is 4.98 Å². The Balaban J connectivity index is 2.04. The molecule has 2 heterocycles. The largest absolute Gasteiger partial charge is 0.354 e. The highest BCUT2D eigenvalue weighted by Crippen LogP contribution is 2.10. The molecular weight excluding hydrogens is 254 g/mol. The summed E-state index contributed by atoms with van der Waals surface area (Å²) < 4.78 is 1.70. The molecule has 0 fully saturated rings. The van der Waals surface area contributed by atoms with E-state index in [0.29, 0.717) is 18.4 Å². The fraction of sp³-hybridized carbons (Fsp3) is 0.500. The predicted molar refractivity (Wildman–Crippen MR) is 78.7 cm³/mol. The van der Waals surface area contributed by atoms with Crippen LogP contribution in [-0.4, -0.2) is 33.1 Å². The van der Waals surface area contributed by atoms with Crippen molar-refractivity contribution in [1.82, 2.24) is 19.9 Å². The Morgan fingerprint density at radius 1 is 1.40 bits per heavy atom. The van der Waals surface area contributed by atoms with Crippen LogP contribution in [0.2, 0.25) is 0 Å². The first-order valence-electron chi connectivity index (χ1n) is 6.83. The summed E-state index contributed by atoms with van der Waals surface area (Å²) in [6.07, 6.45) is 1.84. The molecule has 2 N–H and O–H groups in total. The van der Waals surface area contributed by atoms with E-state index in [9.17, 15) is 4.79 Å². The first-order valence-corrected chi connectivity index (χ1v) is 6.83. The van der Waals surface area contributed by atoms with Crippen molar-refractivity contribution >= 4 is 17.5 Å². The molecule has 0 saturated heterocycles. The minimum Gasteiger partial charge on any atom is -0.354 e. The van der Waals surface area contributed by atoms with Crippen molar-refractivity contribution in [3.63, 3.8) is 0 Å². The van der Waals surface area contributed by atoms with Crippen molar-refractivity contribution < 1.29 is 4.79 Å². The number of carbonyl (C=O) groups is 1. The van der Waals surface area contributed by atoms with Crippen LogP contribution < -0.4 is 10.6 Å². The third-order valence-electron chi connectivity index (χ3n) is 2.98. The molecule has 0 saturated carbocycles. The summed E-state index contributed by atoms with van der Waals surface area (Å²) in [6.45, 7) is 8.57. The standard InChI is InChI=1S/C14H21N5O/c1-9(2)8-15-13(20)11(4)16-14-17-12-10(3)6-5-7-19(12)18-14/h5-7,9,11H,8H2,1-4H3,(H,15,20)(H,16,18). The predicted octanol–water partition coefficient (Wildman–Crippen LogP) is 1.61. The van der Waals surface area contributed by atoms with Crippen LogP contribution in [0, 0.1) is 12.8 Å². The van der Waals surface area contributed by atoms with Crippen molar-refractivity contribution in [3.8, 4) is 0 Å². The average Bonchev–Trinajstić information content (AvgIpc) is 2.79. The molecule has 20 heavy (non-hydrogen) atoms. The number of aryl methyl sites for hydroxylation is 1. The number of hydrogen-bond donors (Lipinski definition) is 2. The SMILES string of the molecule is Cc1cccn2nc(NC(C)C(=O)NCC(C)C)nc12. The van der Waals surface area contributed by atoms with Crippen LogP contribution in [0.15, 0.2) is 18.3 Å². The Bertz CT molecular complexity index is 605. The van der Waals surface area contributed by atoms with Crippen LogP contribution >= 0.6 is 0 Å². The molecule has 2 rings (SSSR count). The number of fused-ring (bicyclic) bond motifs is 1. The quantitative estimate of drug-likeness (QED) is 0.869. The van der Waals surface area contributed by atoms with Crippen LogP contribution in [0.5, 0.6) is 0 Å². The monoisotopic (exact) mass is 275 g/mol. The van der Waals surface area contributed by atoms with Gasteiger partial charge in [-0.1, -0.05) is 19.9 Å². The van der Waals surface area contributed by atoms with Crippen LogP contribution in [0.1, 0.15) is 26.3 Å². The molecule has 0 aromatic carbocycles. The van der Waals surface area contributed by atoms with Crippen LogP contribution in [0.3, 0.4) is 0 Å². The lowest BCUT2D eigenvalue weighted by atomic mass is 10.2. The van der Waals surface area contributed by atoms with Gasteiger partial charge in [0.05, 0.1) is 0 Å². The van der Waals surface area contributed by atoms with E-state index < -0.39 is 0 Å². The third-order valence-corrected chi connectivity index (χ3v) is 2.98. The average molecular weight is 275 g/mol. The van der Waals surface area contributed by atoms with Crippen molar-refractivity contribution in [2.24, 2.45) is 5.92 Å². The van der Waals surface area contributed by atoms with Crippen LogP contribution in [0.25, 0.3) is 5.65 Å². The lowest BCUT2D eigenvalue weighted by Crippen LogP contribution is -2.39. The minimum atomic E-state index is -0.369. The van der Waals surface area contributed by atoms with Crippen molar-refractivity contribution in [3.05, 3.63) is 23.9 Å². The van der Waals surface area contributed by atoms with Gasteiger partial charge in [0.25, 0.3) is 0 Å². The summed E-state index contributed by atoms with van der Waals surface area (Å²) in [5, 5.41) is 10.2. The molecule has 2 aromatic heterocycles. The fourth-order valence-electron chi connectivity index (χ4n) is 1.82. The van der Waals surface area contributed by atoms with Gasteiger partial charge in [0.15, 0.2) is 5.65 Å². The zero-order valence-electron chi connectivity index (χ0n) is 12.3. The Labute approximate surface area is 118 Å². The Hall–Kier alpha value is -2.11. The highest BCUT2D eigenvalue weighted by molar-refractivity contribution is 5.83. The molecule has 108 valence electrons. The second kappa shape index (κ2) is 5.90. The molecule has 0 bridgehead atoms. The van der Waals surface area contributed by atoms with Gasteiger partial charge in [-0.25, -0.2) is 4.52 Å². The molecular formula is C14H21N5O. The van der Waals surface area contributed by atoms with Gasteiger partial charge in [0, 0.05) is 12.7 Å². The van der Waals surface area contributed by atoms with E-state index in [4.69, 9.17) is 0 Å². The Morgan fingerprint density at radius 2 is 2.15 bits per heavy atom. The maximum atomic E-state index is 11.9. The topological polar surface area (TPSA) is 71.3 Å². The van der Waals surface area contributed by atoms with E-state index in [0.717, 1.165) is 11.2 Å². The van der Waals surface area contributed by atoms with Gasteiger partial charge in [-0.15, -0.1) is 5.10 Å². The Kier molecular flexibility index (Phi) is 4.22. The zero-order chi connectivity index (χ0) is 14.7. The van der Waals surface area contributed by atoms with Crippen molar-refractivity contribution in [1.29, 1.82) is 0 Å². The van der Waals surface area contributed by atoms with Gasteiger partial charge in [-0.05, 0) is 31.4 Å². The second-order valence-electron chi connectivity index (χ2n) is 5.40. The maximum absolute atomic E-state index is 11.9. The molecule has 1 atom stereocenters. The number of carbonyl (C=O) groups excluding carboxylic acids is 1. The second-order valence-corrected chi connectivity index (χ2v) is 5.40. The van der Waals surface area contributed by atoms with Crippen molar-refractivity contribution in [2.75, 3.05) is 11.9 Å². The number of aromatic nitrogens is 3. The highest BCUT2D eigenvalue weighted by Gasteiger charge is 2.15. The molecule has 0 aliphatic heterocycles. The first-order chi connectivity index (χ1) is 9.47. The summed E-state index contributed by atoms with van der Waals surface area (Å²) in [5.41, 5.74) is 1.84. The summed E-state index contributed by atoms with van der Waals surface area (Å²) in [7, 11) is 0. The lowest BCUT2D eigenvalue weighted by Gasteiger charge is -2.13. The lowest BCUT2D eigenvalue weighted by molar-refractivity contribution is -0.121. The summed E-state index contributed by atoms with van der Waals surface area (Å²) in [5.74, 6) is 0.850. The van der Waals surface area contributed by atoms with Gasteiger partial charge >= 0.3 is 0 Å². The maximum Gasteiger partial charge on any atom is 0.243 e.